The monoisotopic (exact) mass is 288 g/mol. The van der Waals surface area contributed by atoms with Crippen molar-refractivity contribution in [3.63, 3.8) is 0 Å². The predicted octanol–water partition coefficient (Wildman–Crippen LogP) is 4.64. The van der Waals surface area contributed by atoms with Crippen molar-refractivity contribution in [2.45, 2.75) is 25.4 Å². The molecule has 1 unspecified atom stereocenters. The highest BCUT2D eigenvalue weighted by Gasteiger charge is 2.20. The van der Waals surface area contributed by atoms with E-state index < -0.39 is 0 Å². The van der Waals surface area contributed by atoms with Gasteiger partial charge in [0.15, 0.2) is 0 Å². The molecule has 4 rings (SSSR count). The fourth-order valence-corrected chi connectivity index (χ4v) is 3.31. The number of benzene rings is 2. The maximum absolute atomic E-state index is 3.75. The average Bonchev–Trinajstić information content (AvgIpc) is 2.96. The van der Waals surface area contributed by atoms with E-state index in [0.29, 0.717) is 6.04 Å². The summed E-state index contributed by atoms with van der Waals surface area (Å²) < 4.78 is 2.37. The number of rotatable bonds is 3. The quantitative estimate of drug-likeness (QED) is 0.743. The molecule has 1 atom stereocenters. The first kappa shape index (κ1) is 13.2. The molecule has 3 aromatic rings. The summed E-state index contributed by atoms with van der Waals surface area (Å²) >= 11 is 0. The summed E-state index contributed by atoms with van der Waals surface area (Å²) in [5, 5.41) is 3.75. The molecule has 0 saturated heterocycles. The fraction of sp³-hybridized carbons (Fsp3) is 0.200. The van der Waals surface area contributed by atoms with Crippen molar-refractivity contribution >= 4 is 5.69 Å². The van der Waals surface area contributed by atoms with Crippen molar-refractivity contribution in [1.82, 2.24) is 4.57 Å². The first-order valence-electron chi connectivity index (χ1n) is 7.93. The smallest absolute Gasteiger partial charge is 0.0668 e. The highest BCUT2D eigenvalue weighted by atomic mass is 15.1. The molecular weight excluding hydrogens is 268 g/mol. The second kappa shape index (κ2) is 5.72. The van der Waals surface area contributed by atoms with E-state index >= 15 is 0 Å². The zero-order chi connectivity index (χ0) is 14.8. The van der Waals surface area contributed by atoms with Gasteiger partial charge >= 0.3 is 0 Å². The van der Waals surface area contributed by atoms with Crippen LogP contribution >= 0.6 is 0 Å². The van der Waals surface area contributed by atoms with E-state index in [1.807, 2.05) is 0 Å². The Kier molecular flexibility index (Phi) is 3.43. The van der Waals surface area contributed by atoms with Gasteiger partial charge < -0.3 is 9.88 Å². The normalized spacial score (nSPS) is 16.3. The highest BCUT2D eigenvalue weighted by molar-refractivity contribution is 5.54. The van der Waals surface area contributed by atoms with E-state index in [9.17, 15) is 0 Å². The zero-order valence-electron chi connectivity index (χ0n) is 12.6. The number of aromatic nitrogens is 1. The van der Waals surface area contributed by atoms with Gasteiger partial charge in [-0.15, -0.1) is 0 Å². The largest absolute Gasteiger partial charge is 0.376 e. The van der Waals surface area contributed by atoms with Gasteiger partial charge in [0.1, 0.15) is 0 Å². The van der Waals surface area contributed by atoms with Crippen molar-refractivity contribution < 1.29 is 0 Å². The van der Waals surface area contributed by atoms with E-state index in [4.69, 9.17) is 0 Å². The standard InChI is InChI=1S/C20H20N2/c1-2-7-16(8-3-1)12-13-19-20-11-6-14-22(20)15-17-9-4-5-10-18(17)21-19/h1-11,14,19,21H,12-13,15H2. The molecule has 22 heavy (non-hydrogen) atoms. The van der Waals surface area contributed by atoms with E-state index in [2.05, 4.69) is 82.8 Å². The highest BCUT2D eigenvalue weighted by Crippen LogP contribution is 2.31. The van der Waals surface area contributed by atoms with Crippen LogP contribution in [0, 0.1) is 0 Å². The van der Waals surface area contributed by atoms with Crippen LogP contribution in [0.15, 0.2) is 72.9 Å². The summed E-state index contributed by atoms with van der Waals surface area (Å²) in [4.78, 5) is 0. The Morgan fingerprint density at radius 2 is 1.73 bits per heavy atom. The van der Waals surface area contributed by atoms with Gasteiger partial charge in [-0.3, -0.25) is 0 Å². The summed E-state index contributed by atoms with van der Waals surface area (Å²) in [6.45, 7) is 0.952. The Bertz CT molecular complexity index is 758. The van der Waals surface area contributed by atoms with Crippen molar-refractivity contribution in [3.05, 3.63) is 89.7 Å². The van der Waals surface area contributed by atoms with Gasteiger partial charge in [-0.25, -0.2) is 0 Å². The molecule has 2 heteroatoms. The lowest BCUT2D eigenvalue weighted by atomic mass is 10.0. The predicted molar refractivity (Wildman–Crippen MR) is 91.1 cm³/mol. The second-order valence-electron chi connectivity index (χ2n) is 5.94. The Morgan fingerprint density at radius 1 is 0.909 bits per heavy atom. The molecule has 1 aromatic heterocycles. The van der Waals surface area contributed by atoms with Crippen LogP contribution in [0.1, 0.15) is 29.3 Å². The number of nitrogens with one attached hydrogen (secondary N) is 1. The Morgan fingerprint density at radius 3 is 2.64 bits per heavy atom. The van der Waals surface area contributed by atoms with Crippen LogP contribution in [0.5, 0.6) is 0 Å². The molecule has 1 N–H and O–H groups in total. The van der Waals surface area contributed by atoms with E-state index in [1.54, 1.807) is 0 Å². The minimum absolute atomic E-state index is 0.360. The zero-order valence-corrected chi connectivity index (χ0v) is 12.6. The van der Waals surface area contributed by atoms with Crippen molar-refractivity contribution in [3.8, 4) is 0 Å². The van der Waals surface area contributed by atoms with Gasteiger partial charge in [0.05, 0.1) is 6.04 Å². The molecule has 0 aliphatic carbocycles. The third-order valence-corrected chi connectivity index (χ3v) is 4.47. The molecule has 2 aromatic carbocycles. The number of fused-ring (bicyclic) bond motifs is 2. The lowest BCUT2D eigenvalue weighted by Crippen LogP contribution is -2.13. The molecule has 0 fully saturated rings. The molecule has 2 heterocycles. The second-order valence-corrected chi connectivity index (χ2v) is 5.94. The Hall–Kier alpha value is -2.48. The number of anilines is 1. The third-order valence-electron chi connectivity index (χ3n) is 4.47. The number of nitrogens with zero attached hydrogens (tertiary/aromatic N) is 1. The summed E-state index contributed by atoms with van der Waals surface area (Å²) in [7, 11) is 0. The van der Waals surface area contributed by atoms with Crippen molar-refractivity contribution in [2.24, 2.45) is 0 Å². The van der Waals surface area contributed by atoms with Crippen molar-refractivity contribution in [2.75, 3.05) is 5.32 Å². The summed E-state index contributed by atoms with van der Waals surface area (Å²) in [5.74, 6) is 0. The molecular formula is C20H20N2. The number of aryl methyl sites for hydroxylation is 1. The van der Waals surface area contributed by atoms with Gasteiger partial charge in [-0.2, -0.15) is 0 Å². The topological polar surface area (TPSA) is 17.0 Å². The third kappa shape index (κ3) is 2.52. The molecule has 0 bridgehead atoms. The van der Waals surface area contributed by atoms with Crippen LogP contribution in [0.4, 0.5) is 5.69 Å². The number of hydrogen-bond donors (Lipinski definition) is 1. The number of para-hydroxylation sites is 1. The molecule has 110 valence electrons. The van der Waals surface area contributed by atoms with Gasteiger partial charge in [0, 0.05) is 24.1 Å². The molecule has 0 spiro atoms. The average molecular weight is 288 g/mol. The van der Waals surface area contributed by atoms with E-state index in [-0.39, 0.29) is 0 Å². The molecule has 2 nitrogen and oxygen atoms in total. The minimum atomic E-state index is 0.360. The van der Waals surface area contributed by atoms with Crippen LogP contribution in [0.3, 0.4) is 0 Å². The van der Waals surface area contributed by atoms with Crippen LogP contribution in [0.25, 0.3) is 0 Å². The first-order chi connectivity index (χ1) is 10.9. The van der Waals surface area contributed by atoms with Gasteiger partial charge in [-0.1, -0.05) is 48.5 Å². The van der Waals surface area contributed by atoms with E-state index in [0.717, 1.165) is 19.4 Å². The van der Waals surface area contributed by atoms with Gasteiger partial charge in [0.2, 0.25) is 0 Å². The molecule has 0 saturated carbocycles. The van der Waals surface area contributed by atoms with Crippen LogP contribution in [-0.2, 0) is 13.0 Å². The van der Waals surface area contributed by atoms with Crippen LogP contribution in [0.2, 0.25) is 0 Å². The Balaban J connectivity index is 1.61. The van der Waals surface area contributed by atoms with Crippen LogP contribution in [-0.4, -0.2) is 4.57 Å². The summed E-state index contributed by atoms with van der Waals surface area (Å²) in [5.41, 5.74) is 5.42. The maximum atomic E-state index is 3.75. The Labute approximate surface area is 131 Å². The lowest BCUT2D eigenvalue weighted by Gasteiger charge is -2.19. The minimum Gasteiger partial charge on any atom is -0.376 e. The van der Waals surface area contributed by atoms with Crippen molar-refractivity contribution in [1.29, 1.82) is 0 Å². The fourth-order valence-electron chi connectivity index (χ4n) is 3.31. The molecule has 0 amide bonds. The summed E-state index contributed by atoms with van der Waals surface area (Å²) in [6.07, 6.45) is 4.38. The van der Waals surface area contributed by atoms with Crippen LogP contribution < -0.4 is 5.32 Å². The molecule has 0 radical (unpaired) electrons. The lowest BCUT2D eigenvalue weighted by molar-refractivity contribution is 0.638. The molecule has 1 aliphatic rings. The SMILES string of the molecule is c1ccc(CCC2Nc3ccccc3Cn3cccc32)cc1. The van der Waals surface area contributed by atoms with Gasteiger partial charge in [-0.05, 0) is 42.2 Å². The first-order valence-corrected chi connectivity index (χ1v) is 7.93. The molecule has 1 aliphatic heterocycles. The summed E-state index contributed by atoms with van der Waals surface area (Å²) in [6, 6.07) is 24.1. The van der Waals surface area contributed by atoms with E-state index in [1.165, 1.54) is 22.5 Å². The maximum Gasteiger partial charge on any atom is 0.0668 e. The van der Waals surface area contributed by atoms with Gasteiger partial charge in [0.25, 0.3) is 0 Å². The number of hydrogen-bond acceptors (Lipinski definition) is 1.